The van der Waals surface area contributed by atoms with Gasteiger partial charge in [0.25, 0.3) is 0 Å². The molecule has 2 N–H and O–H groups in total. The van der Waals surface area contributed by atoms with Gasteiger partial charge >= 0.3 is 0 Å². The number of aliphatic hydroxyl groups is 1. The molecule has 0 aliphatic carbocycles. The third-order valence-corrected chi connectivity index (χ3v) is 6.42. The molecule has 0 radical (unpaired) electrons. The Morgan fingerprint density at radius 3 is 2.76 bits per heavy atom. The zero-order valence-corrected chi connectivity index (χ0v) is 16.4. The number of benzene rings is 2. The molecule has 2 aliphatic heterocycles. The Balaban J connectivity index is 1.32. The average molecular weight is 390 g/mol. The number of hydrogen-bond acceptors (Lipinski definition) is 4. The van der Waals surface area contributed by atoms with E-state index >= 15 is 0 Å². The molecule has 2 aromatic carbocycles. The molecule has 0 unspecified atom stereocenters. The van der Waals surface area contributed by atoms with Gasteiger partial charge in [-0.3, -0.25) is 9.69 Å². The van der Waals surface area contributed by atoms with E-state index in [9.17, 15) is 9.90 Å². The molecule has 2 fully saturated rings. The summed E-state index contributed by atoms with van der Waals surface area (Å²) in [5, 5.41) is 15.1. The molecule has 29 heavy (non-hydrogen) atoms. The molecule has 3 heterocycles. The summed E-state index contributed by atoms with van der Waals surface area (Å²) >= 11 is 0. The molecule has 1 aromatic heterocycles. The number of nitrogens with one attached hydrogen (secondary N) is 1. The summed E-state index contributed by atoms with van der Waals surface area (Å²) in [7, 11) is 0. The quantitative estimate of drug-likeness (QED) is 0.717. The van der Waals surface area contributed by atoms with Crippen molar-refractivity contribution in [2.45, 2.75) is 38.0 Å². The van der Waals surface area contributed by atoms with Gasteiger partial charge < -0.3 is 14.8 Å². The van der Waals surface area contributed by atoms with E-state index in [1.54, 1.807) is 0 Å². The first-order chi connectivity index (χ1) is 14.1. The molecule has 2 saturated heterocycles. The minimum Gasteiger partial charge on any atom is -0.460 e. The summed E-state index contributed by atoms with van der Waals surface area (Å²) in [6, 6.07) is 19.5. The zero-order valence-electron chi connectivity index (χ0n) is 16.4. The highest BCUT2D eigenvalue weighted by molar-refractivity contribution is 5.84. The molecular formula is C24H26N2O3. The Hall–Kier alpha value is -2.63. The zero-order chi connectivity index (χ0) is 19.8. The highest BCUT2D eigenvalue weighted by Gasteiger charge is 2.49. The fourth-order valence-electron chi connectivity index (χ4n) is 5.02. The number of amides is 1. The van der Waals surface area contributed by atoms with Crippen LogP contribution in [0.2, 0.25) is 0 Å². The fraction of sp³-hybridized carbons (Fsp3) is 0.375. The molecule has 5 nitrogen and oxygen atoms in total. The summed E-state index contributed by atoms with van der Waals surface area (Å²) in [5.74, 6) is 0.980. The van der Waals surface area contributed by atoms with Crippen LogP contribution in [0.25, 0.3) is 11.0 Å². The lowest BCUT2D eigenvalue weighted by atomic mass is 9.70. The van der Waals surface area contributed by atoms with Crippen molar-refractivity contribution in [1.29, 1.82) is 0 Å². The van der Waals surface area contributed by atoms with Crippen molar-refractivity contribution in [3.63, 3.8) is 0 Å². The second-order valence-electron chi connectivity index (χ2n) is 8.48. The second-order valence-corrected chi connectivity index (χ2v) is 8.48. The van der Waals surface area contributed by atoms with Crippen LogP contribution in [-0.4, -0.2) is 35.1 Å². The Morgan fingerprint density at radius 2 is 1.93 bits per heavy atom. The Morgan fingerprint density at radius 1 is 1.14 bits per heavy atom. The van der Waals surface area contributed by atoms with Crippen LogP contribution in [0.4, 0.5) is 0 Å². The fourth-order valence-corrected chi connectivity index (χ4v) is 5.02. The van der Waals surface area contributed by atoms with Crippen LogP contribution in [0.15, 0.2) is 65.1 Å². The van der Waals surface area contributed by atoms with Crippen LogP contribution < -0.4 is 5.32 Å². The van der Waals surface area contributed by atoms with Gasteiger partial charge in [0.15, 0.2) is 0 Å². The molecule has 0 bridgehead atoms. The lowest BCUT2D eigenvalue weighted by molar-refractivity contribution is -0.145. The first-order valence-electron chi connectivity index (χ1n) is 10.4. The number of carbonyl (C=O) groups is 1. The molecule has 2 aliphatic rings. The first-order valence-corrected chi connectivity index (χ1v) is 10.4. The minimum absolute atomic E-state index is 0.0611. The summed E-state index contributed by atoms with van der Waals surface area (Å²) in [6.45, 7) is 2.26. The SMILES string of the molecule is O=C1N[C@@H](c2ccccc2)[C@H](O)C[C@@]12CCCN(Cc1cc3ccccc3o1)C2. The normalized spacial score (nSPS) is 28.0. The highest BCUT2D eigenvalue weighted by atomic mass is 16.3. The van der Waals surface area contributed by atoms with Gasteiger partial charge in [-0.25, -0.2) is 0 Å². The van der Waals surface area contributed by atoms with Gasteiger partial charge in [-0.2, -0.15) is 0 Å². The number of likely N-dealkylation sites (tertiary alicyclic amines) is 1. The van der Waals surface area contributed by atoms with Crippen molar-refractivity contribution in [2.75, 3.05) is 13.1 Å². The summed E-state index contributed by atoms with van der Waals surface area (Å²) < 4.78 is 5.98. The molecule has 0 saturated carbocycles. The average Bonchev–Trinajstić information content (AvgIpc) is 3.14. The van der Waals surface area contributed by atoms with Gasteiger partial charge in [-0.15, -0.1) is 0 Å². The van der Waals surface area contributed by atoms with Crippen LogP contribution >= 0.6 is 0 Å². The van der Waals surface area contributed by atoms with Crippen LogP contribution in [0.3, 0.4) is 0 Å². The molecule has 1 spiro atoms. The predicted molar refractivity (Wildman–Crippen MR) is 111 cm³/mol. The Bertz CT molecular complexity index is 982. The number of para-hydroxylation sites is 1. The van der Waals surface area contributed by atoms with Crippen molar-refractivity contribution in [1.82, 2.24) is 10.2 Å². The van der Waals surface area contributed by atoms with Crippen LogP contribution in [0, 0.1) is 5.41 Å². The van der Waals surface area contributed by atoms with Crippen LogP contribution in [0.1, 0.15) is 36.6 Å². The molecule has 1 amide bonds. The van der Waals surface area contributed by atoms with Gasteiger partial charge in [0.05, 0.1) is 24.1 Å². The molecule has 3 aromatic rings. The first kappa shape index (κ1) is 18.4. The number of carbonyl (C=O) groups excluding carboxylic acids is 1. The third-order valence-electron chi connectivity index (χ3n) is 6.42. The van der Waals surface area contributed by atoms with Crippen molar-refractivity contribution in [3.05, 3.63) is 72.0 Å². The van der Waals surface area contributed by atoms with Crippen molar-refractivity contribution in [2.24, 2.45) is 5.41 Å². The van der Waals surface area contributed by atoms with E-state index in [1.807, 2.05) is 48.5 Å². The summed E-state index contributed by atoms with van der Waals surface area (Å²) in [5.41, 5.74) is 1.32. The molecule has 150 valence electrons. The van der Waals surface area contributed by atoms with E-state index < -0.39 is 11.5 Å². The number of furan rings is 1. The van der Waals surface area contributed by atoms with E-state index in [4.69, 9.17) is 4.42 Å². The number of aliphatic hydroxyl groups excluding tert-OH is 1. The summed E-state index contributed by atoms with van der Waals surface area (Å²) in [4.78, 5) is 15.5. The Labute approximate surface area is 170 Å². The topological polar surface area (TPSA) is 65.7 Å². The predicted octanol–water partition coefficient (Wildman–Crippen LogP) is 3.64. The van der Waals surface area contributed by atoms with Crippen LogP contribution in [0.5, 0.6) is 0 Å². The Kier molecular flexibility index (Phi) is 4.64. The molecule has 5 heteroatoms. The van der Waals surface area contributed by atoms with Gasteiger partial charge in [0, 0.05) is 11.9 Å². The van der Waals surface area contributed by atoms with E-state index in [2.05, 4.69) is 22.3 Å². The number of nitrogens with zero attached hydrogens (tertiary/aromatic N) is 1. The van der Waals surface area contributed by atoms with Gasteiger partial charge in [0.1, 0.15) is 11.3 Å². The standard InChI is InChI=1S/C24H26N2O3/c27-20-14-24(23(28)25-22(20)17-7-2-1-3-8-17)11-6-12-26(16-24)15-19-13-18-9-4-5-10-21(18)29-19/h1-5,7-10,13,20,22,27H,6,11-12,14-16H2,(H,25,28)/t20-,22+,24-/m1/s1. The van der Waals surface area contributed by atoms with Crippen molar-refractivity contribution in [3.8, 4) is 0 Å². The van der Waals surface area contributed by atoms with Crippen LogP contribution in [-0.2, 0) is 11.3 Å². The number of fused-ring (bicyclic) bond motifs is 1. The maximum Gasteiger partial charge on any atom is 0.228 e. The van der Waals surface area contributed by atoms with Gasteiger partial charge in [0.2, 0.25) is 5.91 Å². The smallest absolute Gasteiger partial charge is 0.228 e. The van der Waals surface area contributed by atoms with E-state index in [-0.39, 0.29) is 11.9 Å². The number of rotatable bonds is 3. The van der Waals surface area contributed by atoms with E-state index in [1.165, 1.54) is 0 Å². The lowest BCUT2D eigenvalue weighted by Crippen LogP contribution is -2.59. The van der Waals surface area contributed by atoms with Crippen molar-refractivity contribution < 1.29 is 14.3 Å². The van der Waals surface area contributed by atoms with Gasteiger partial charge in [-0.1, -0.05) is 48.5 Å². The second kappa shape index (κ2) is 7.32. The van der Waals surface area contributed by atoms with E-state index in [0.29, 0.717) is 19.5 Å². The highest BCUT2D eigenvalue weighted by Crippen LogP contribution is 2.41. The largest absolute Gasteiger partial charge is 0.460 e. The van der Waals surface area contributed by atoms with Gasteiger partial charge in [-0.05, 0) is 43.5 Å². The summed E-state index contributed by atoms with van der Waals surface area (Å²) in [6.07, 6.45) is 1.67. The van der Waals surface area contributed by atoms with Crippen molar-refractivity contribution >= 4 is 16.9 Å². The maximum absolute atomic E-state index is 13.2. The number of piperidine rings is 2. The maximum atomic E-state index is 13.2. The monoisotopic (exact) mass is 390 g/mol. The third kappa shape index (κ3) is 3.45. The lowest BCUT2D eigenvalue weighted by Gasteiger charge is -2.47. The minimum atomic E-state index is -0.582. The number of hydrogen-bond donors (Lipinski definition) is 2. The molecular weight excluding hydrogens is 364 g/mol. The molecule has 5 rings (SSSR count). The van der Waals surface area contributed by atoms with E-state index in [0.717, 1.165) is 41.7 Å². The molecule has 3 atom stereocenters.